The van der Waals surface area contributed by atoms with Crippen LogP contribution in [0.5, 0.6) is 11.5 Å². The molecular weight excluding hydrogens is 212 g/mol. The number of hydrogen-bond acceptors (Lipinski definition) is 2. The molecule has 0 unspecified atom stereocenters. The first kappa shape index (κ1) is 9.11. The Hall–Kier alpha value is -1.96. The molecule has 0 aliphatic carbocycles. The van der Waals surface area contributed by atoms with Crippen molar-refractivity contribution < 1.29 is 12.2 Å². The Morgan fingerprint density at radius 1 is 0.765 bits per heavy atom. The molecule has 2 rings (SSSR count). The number of rotatable bonds is 4. The van der Waals surface area contributed by atoms with Gasteiger partial charge >= 0.3 is 0 Å². The van der Waals surface area contributed by atoms with Crippen LogP contribution in [0.4, 0.5) is 0 Å². The summed E-state index contributed by atoms with van der Waals surface area (Å²) in [5, 5.41) is 0. The first-order chi connectivity index (χ1) is 9.07. The largest absolute Gasteiger partial charge is 0.497 e. The number of hydrogen-bond donors (Lipinski definition) is 0. The molecule has 0 amide bonds. The molecule has 0 heterocycles. The van der Waals surface area contributed by atoms with E-state index in [0.29, 0.717) is 22.6 Å². The van der Waals surface area contributed by atoms with Gasteiger partial charge in [0, 0.05) is 2.74 Å². The minimum Gasteiger partial charge on any atom is -0.497 e. The van der Waals surface area contributed by atoms with Gasteiger partial charge in [0.2, 0.25) is 0 Å². The normalized spacial score (nSPS) is 12.6. The lowest BCUT2D eigenvalue weighted by molar-refractivity contribution is 0.414. The van der Waals surface area contributed by atoms with Crippen LogP contribution in [0.3, 0.4) is 0 Å². The fourth-order valence-electron chi connectivity index (χ4n) is 1.52. The molecule has 88 valence electrons. The summed E-state index contributed by atoms with van der Waals surface area (Å²) in [6.45, 7) is 0. The van der Waals surface area contributed by atoms with Crippen molar-refractivity contribution in [1.82, 2.24) is 0 Å². The standard InChI is InChI=1S/C15H16O2/c1-16-14-7-3-12(4-8-14)11-13-5-9-15(17-2)10-6-13/h3-10H,11H2,1-2H3/i11D2. The Bertz CT molecular complexity index is 484. The van der Waals surface area contributed by atoms with E-state index in [1.54, 1.807) is 62.8 Å². The maximum Gasteiger partial charge on any atom is 0.118 e. The average Bonchev–Trinajstić information content (AvgIpc) is 2.47. The molecule has 0 saturated carbocycles. The molecule has 0 aliphatic rings. The Balaban J connectivity index is 2.33. The van der Waals surface area contributed by atoms with E-state index in [1.807, 2.05) is 0 Å². The van der Waals surface area contributed by atoms with Crippen molar-refractivity contribution in [2.75, 3.05) is 14.2 Å². The minimum absolute atomic E-state index is 0.596. The van der Waals surface area contributed by atoms with Gasteiger partial charge in [-0.3, -0.25) is 0 Å². The van der Waals surface area contributed by atoms with Crippen molar-refractivity contribution in [3.8, 4) is 11.5 Å². The average molecular weight is 230 g/mol. The molecule has 0 atom stereocenters. The minimum atomic E-state index is -1.54. The van der Waals surface area contributed by atoms with Gasteiger partial charge in [-0.1, -0.05) is 24.3 Å². The third-order valence-corrected chi connectivity index (χ3v) is 2.47. The predicted octanol–water partition coefficient (Wildman–Crippen LogP) is 3.29. The lowest BCUT2D eigenvalue weighted by Gasteiger charge is -2.05. The number of ether oxygens (including phenoxy) is 2. The van der Waals surface area contributed by atoms with Gasteiger partial charge in [-0.25, -0.2) is 0 Å². The molecule has 2 aromatic rings. The summed E-state index contributed by atoms with van der Waals surface area (Å²) in [5.41, 5.74) is 1.19. The van der Waals surface area contributed by atoms with Crippen LogP contribution in [-0.2, 0) is 6.37 Å². The van der Waals surface area contributed by atoms with E-state index >= 15 is 0 Å². The lowest BCUT2D eigenvalue weighted by Crippen LogP contribution is -1.89. The third-order valence-electron chi connectivity index (χ3n) is 2.47. The summed E-state index contributed by atoms with van der Waals surface area (Å²) in [4.78, 5) is 0. The van der Waals surface area contributed by atoms with Crippen LogP contribution in [0.15, 0.2) is 48.5 Å². The molecule has 0 N–H and O–H groups in total. The maximum atomic E-state index is 8.25. The highest BCUT2D eigenvalue weighted by Gasteiger charge is 1.98. The van der Waals surface area contributed by atoms with Crippen molar-refractivity contribution in [2.24, 2.45) is 0 Å². The van der Waals surface area contributed by atoms with Crippen LogP contribution in [0.1, 0.15) is 13.9 Å². The summed E-state index contributed by atoms with van der Waals surface area (Å²) < 4.78 is 26.7. The second-order valence-corrected chi connectivity index (χ2v) is 3.58. The van der Waals surface area contributed by atoms with Gasteiger partial charge in [0.1, 0.15) is 11.5 Å². The molecular formula is C15H16O2. The van der Waals surface area contributed by atoms with Crippen molar-refractivity contribution in [3.05, 3.63) is 59.7 Å². The van der Waals surface area contributed by atoms with Gasteiger partial charge < -0.3 is 9.47 Å². The predicted molar refractivity (Wildman–Crippen MR) is 68.8 cm³/mol. The molecule has 0 bridgehead atoms. The van der Waals surface area contributed by atoms with Crippen molar-refractivity contribution >= 4 is 0 Å². The molecule has 17 heavy (non-hydrogen) atoms. The van der Waals surface area contributed by atoms with Gasteiger partial charge in [-0.2, -0.15) is 0 Å². The van der Waals surface area contributed by atoms with E-state index < -0.39 is 6.37 Å². The molecule has 0 radical (unpaired) electrons. The molecule has 0 fully saturated rings. The summed E-state index contributed by atoms with van der Waals surface area (Å²) in [5.74, 6) is 1.43. The SMILES string of the molecule is [2H]C([2H])(c1ccc(OC)cc1)c1ccc(OC)cc1. The van der Waals surface area contributed by atoms with Crippen LogP contribution < -0.4 is 9.47 Å². The van der Waals surface area contributed by atoms with Crippen molar-refractivity contribution in [2.45, 2.75) is 6.37 Å². The van der Waals surface area contributed by atoms with Gasteiger partial charge in [0.25, 0.3) is 0 Å². The van der Waals surface area contributed by atoms with Gasteiger partial charge in [-0.15, -0.1) is 0 Å². The lowest BCUT2D eigenvalue weighted by atomic mass is 10.0. The third kappa shape index (κ3) is 3.00. The van der Waals surface area contributed by atoms with Gasteiger partial charge in [0.05, 0.1) is 14.2 Å². The zero-order chi connectivity index (χ0) is 13.9. The summed E-state index contributed by atoms with van der Waals surface area (Å²) in [7, 11) is 3.18. The van der Waals surface area contributed by atoms with Crippen molar-refractivity contribution in [3.63, 3.8) is 0 Å². The molecule has 0 saturated heterocycles. The van der Waals surface area contributed by atoms with Crippen LogP contribution in [-0.4, -0.2) is 14.2 Å². The Kier molecular flexibility index (Phi) is 2.89. The molecule has 0 spiro atoms. The van der Waals surface area contributed by atoms with Crippen LogP contribution >= 0.6 is 0 Å². The zero-order valence-corrected chi connectivity index (χ0v) is 9.94. The number of benzene rings is 2. The zero-order valence-electron chi connectivity index (χ0n) is 11.9. The van der Waals surface area contributed by atoms with E-state index in [9.17, 15) is 0 Å². The second-order valence-electron chi connectivity index (χ2n) is 3.58. The summed E-state index contributed by atoms with van der Waals surface area (Å²) >= 11 is 0. The van der Waals surface area contributed by atoms with E-state index in [-0.39, 0.29) is 0 Å². The quantitative estimate of drug-likeness (QED) is 0.802. The van der Waals surface area contributed by atoms with Crippen molar-refractivity contribution in [1.29, 1.82) is 0 Å². The van der Waals surface area contributed by atoms with Gasteiger partial charge in [0.15, 0.2) is 0 Å². The molecule has 2 aromatic carbocycles. The topological polar surface area (TPSA) is 18.5 Å². The molecule has 0 aromatic heterocycles. The second kappa shape index (κ2) is 5.39. The molecule has 2 heteroatoms. The highest BCUT2D eigenvalue weighted by molar-refractivity contribution is 5.33. The Morgan fingerprint density at radius 2 is 1.12 bits per heavy atom. The van der Waals surface area contributed by atoms with E-state index in [4.69, 9.17) is 12.2 Å². The van der Waals surface area contributed by atoms with Crippen LogP contribution in [0.25, 0.3) is 0 Å². The summed E-state index contributed by atoms with van der Waals surface area (Å²) in [6, 6.07) is 14.0. The van der Waals surface area contributed by atoms with E-state index in [0.717, 1.165) is 0 Å². The van der Waals surface area contributed by atoms with E-state index in [1.165, 1.54) is 0 Å². The fraction of sp³-hybridized carbons (Fsp3) is 0.200. The molecule has 0 aliphatic heterocycles. The highest BCUT2D eigenvalue weighted by atomic mass is 16.5. The first-order valence-electron chi connectivity index (χ1n) is 6.37. The van der Waals surface area contributed by atoms with Gasteiger partial charge in [-0.05, 0) is 41.8 Å². The maximum absolute atomic E-state index is 8.25. The Labute approximate surface area is 105 Å². The summed E-state index contributed by atoms with van der Waals surface area (Å²) in [6.07, 6.45) is -1.54. The van der Waals surface area contributed by atoms with E-state index in [2.05, 4.69) is 0 Å². The molecule has 2 nitrogen and oxygen atoms in total. The smallest absolute Gasteiger partial charge is 0.118 e. The van der Waals surface area contributed by atoms with Crippen LogP contribution in [0, 0.1) is 0 Å². The Morgan fingerprint density at radius 3 is 1.41 bits per heavy atom. The fourth-order valence-corrected chi connectivity index (χ4v) is 1.52. The highest BCUT2D eigenvalue weighted by Crippen LogP contribution is 2.17. The first-order valence-corrected chi connectivity index (χ1v) is 5.37. The van der Waals surface area contributed by atoms with Crippen LogP contribution in [0.2, 0.25) is 0 Å². The monoisotopic (exact) mass is 230 g/mol. The number of methoxy groups -OCH3 is 2.